The van der Waals surface area contributed by atoms with E-state index in [-0.39, 0.29) is 11.7 Å². The molecule has 4 rings (SSSR count). The molecule has 2 heterocycles. The maximum atomic E-state index is 12.5. The van der Waals surface area contributed by atoms with Crippen molar-refractivity contribution in [1.29, 1.82) is 0 Å². The molecule has 5 heteroatoms. The van der Waals surface area contributed by atoms with Gasteiger partial charge in [0.1, 0.15) is 5.82 Å². The summed E-state index contributed by atoms with van der Waals surface area (Å²) in [6.07, 6.45) is 5.02. The molecule has 1 amide bonds. The summed E-state index contributed by atoms with van der Waals surface area (Å²) in [5, 5.41) is 2.81. The minimum atomic E-state index is -0.203. The highest BCUT2D eigenvalue weighted by molar-refractivity contribution is 6.35. The first-order valence-corrected chi connectivity index (χ1v) is 7.49. The molecule has 0 atom stereocenters. The first-order valence-electron chi connectivity index (χ1n) is 7.49. The molecule has 0 fully saturated rings. The number of carbonyl (C=O) groups is 2. The van der Waals surface area contributed by atoms with E-state index in [0.29, 0.717) is 28.2 Å². The van der Waals surface area contributed by atoms with Crippen molar-refractivity contribution in [3.8, 4) is 0 Å². The second-order valence-electron chi connectivity index (χ2n) is 5.44. The summed E-state index contributed by atoms with van der Waals surface area (Å²) in [6.45, 7) is 0. The van der Waals surface area contributed by atoms with Crippen LogP contribution in [-0.4, -0.2) is 21.7 Å². The fourth-order valence-corrected chi connectivity index (χ4v) is 2.73. The molecular weight excluding hydrogens is 302 g/mol. The molecule has 0 saturated carbocycles. The SMILES string of the molecule is O=C1Nc2cc(C(=O)c3ccccc3)ccc2/C1=C/c1ncc[nH]1. The van der Waals surface area contributed by atoms with E-state index < -0.39 is 0 Å². The van der Waals surface area contributed by atoms with E-state index in [1.165, 1.54) is 0 Å². The average Bonchev–Trinajstić information content (AvgIpc) is 3.23. The Balaban J connectivity index is 1.72. The number of hydrogen-bond donors (Lipinski definition) is 2. The molecule has 5 nitrogen and oxygen atoms in total. The Morgan fingerprint density at radius 3 is 2.62 bits per heavy atom. The first-order chi connectivity index (χ1) is 11.7. The third kappa shape index (κ3) is 2.42. The lowest BCUT2D eigenvalue weighted by Gasteiger charge is -2.04. The number of anilines is 1. The summed E-state index contributed by atoms with van der Waals surface area (Å²) in [4.78, 5) is 31.8. The van der Waals surface area contributed by atoms with Crippen molar-refractivity contribution in [3.63, 3.8) is 0 Å². The number of rotatable bonds is 3. The van der Waals surface area contributed by atoms with E-state index in [1.54, 1.807) is 48.8 Å². The molecule has 2 aromatic carbocycles. The van der Waals surface area contributed by atoms with Crippen molar-refractivity contribution in [1.82, 2.24) is 9.97 Å². The van der Waals surface area contributed by atoms with Crippen LogP contribution in [0.3, 0.4) is 0 Å². The molecule has 24 heavy (non-hydrogen) atoms. The van der Waals surface area contributed by atoms with E-state index in [0.717, 1.165) is 5.56 Å². The molecule has 0 aliphatic carbocycles. The number of fused-ring (bicyclic) bond motifs is 1. The van der Waals surface area contributed by atoms with E-state index in [9.17, 15) is 9.59 Å². The number of nitrogens with one attached hydrogen (secondary N) is 2. The van der Waals surface area contributed by atoms with Gasteiger partial charge in [-0.1, -0.05) is 42.5 Å². The molecule has 0 saturated heterocycles. The van der Waals surface area contributed by atoms with Crippen LogP contribution in [0.4, 0.5) is 5.69 Å². The first kappa shape index (κ1) is 14.1. The Kier molecular flexibility index (Phi) is 3.31. The lowest BCUT2D eigenvalue weighted by atomic mass is 9.99. The standard InChI is InChI=1S/C19H13N3O2/c23-18(12-4-2-1-3-5-12)13-6-7-14-15(11-17-20-8-9-21-17)19(24)22-16(14)10-13/h1-11H,(H,20,21)(H,22,24)/b15-11-. The van der Waals surface area contributed by atoms with Crippen molar-refractivity contribution in [2.24, 2.45) is 0 Å². The minimum Gasteiger partial charge on any atom is -0.345 e. The lowest BCUT2D eigenvalue weighted by molar-refractivity contribution is -0.110. The molecule has 0 spiro atoms. The second-order valence-corrected chi connectivity index (χ2v) is 5.44. The predicted molar refractivity (Wildman–Crippen MR) is 91.4 cm³/mol. The number of imidazole rings is 1. The van der Waals surface area contributed by atoms with Gasteiger partial charge < -0.3 is 10.3 Å². The van der Waals surface area contributed by atoms with E-state index in [4.69, 9.17) is 0 Å². The summed E-state index contributed by atoms with van der Waals surface area (Å²) in [6, 6.07) is 14.3. The number of H-pyrrole nitrogens is 1. The van der Waals surface area contributed by atoms with Gasteiger partial charge in [0.2, 0.25) is 0 Å². The molecule has 0 unspecified atom stereocenters. The van der Waals surface area contributed by atoms with E-state index in [1.807, 2.05) is 18.2 Å². The monoisotopic (exact) mass is 315 g/mol. The molecular formula is C19H13N3O2. The molecule has 1 aromatic heterocycles. The Morgan fingerprint density at radius 2 is 1.88 bits per heavy atom. The van der Waals surface area contributed by atoms with Gasteiger partial charge in [0.15, 0.2) is 5.78 Å². The van der Waals surface area contributed by atoms with Gasteiger partial charge in [-0.15, -0.1) is 0 Å². The quantitative estimate of drug-likeness (QED) is 0.576. The summed E-state index contributed by atoms with van der Waals surface area (Å²) in [5.41, 5.74) is 3.09. The maximum absolute atomic E-state index is 12.5. The highest BCUT2D eigenvalue weighted by Gasteiger charge is 2.25. The van der Waals surface area contributed by atoms with Gasteiger partial charge in [0.05, 0.1) is 5.57 Å². The van der Waals surface area contributed by atoms with Crippen molar-refractivity contribution in [2.75, 3.05) is 5.32 Å². The third-order valence-corrected chi connectivity index (χ3v) is 3.90. The fourth-order valence-electron chi connectivity index (χ4n) is 2.73. The van der Waals surface area contributed by atoms with Crippen LogP contribution in [0, 0.1) is 0 Å². The van der Waals surface area contributed by atoms with Crippen LogP contribution < -0.4 is 5.32 Å². The summed E-state index contributed by atoms with van der Waals surface area (Å²) in [7, 11) is 0. The molecule has 0 radical (unpaired) electrons. The van der Waals surface area contributed by atoms with Gasteiger partial charge in [0.25, 0.3) is 5.91 Å². The number of amides is 1. The zero-order valence-corrected chi connectivity index (χ0v) is 12.6. The van der Waals surface area contributed by atoms with Crippen molar-refractivity contribution in [2.45, 2.75) is 0 Å². The Morgan fingerprint density at radius 1 is 1.04 bits per heavy atom. The lowest BCUT2D eigenvalue weighted by Crippen LogP contribution is -2.04. The van der Waals surface area contributed by atoms with Crippen LogP contribution in [-0.2, 0) is 4.79 Å². The van der Waals surface area contributed by atoms with Crippen LogP contribution in [0.15, 0.2) is 60.9 Å². The van der Waals surface area contributed by atoms with Crippen LogP contribution in [0.2, 0.25) is 0 Å². The smallest absolute Gasteiger partial charge is 0.256 e. The molecule has 1 aliphatic heterocycles. The molecule has 2 N–H and O–H groups in total. The Hall–Kier alpha value is -3.47. The van der Waals surface area contributed by atoms with Gasteiger partial charge >= 0.3 is 0 Å². The van der Waals surface area contributed by atoms with Crippen molar-refractivity contribution < 1.29 is 9.59 Å². The molecule has 3 aromatic rings. The van der Waals surface area contributed by atoms with E-state index in [2.05, 4.69) is 15.3 Å². The topological polar surface area (TPSA) is 74.8 Å². The zero-order valence-electron chi connectivity index (χ0n) is 12.6. The van der Waals surface area contributed by atoms with E-state index >= 15 is 0 Å². The van der Waals surface area contributed by atoms with Gasteiger partial charge in [-0.25, -0.2) is 4.98 Å². The number of benzene rings is 2. The largest absolute Gasteiger partial charge is 0.345 e. The van der Waals surface area contributed by atoms with Gasteiger partial charge in [-0.05, 0) is 12.1 Å². The normalized spacial score (nSPS) is 14.5. The molecule has 116 valence electrons. The summed E-state index contributed by atoms with van der Waals surface area (Å²) in [5.74, 6) is 0.333. The Bertz CT molecular complexity index is 958. The van der Waals surface area contributed by atoms with Crippen LogP contribution in [0.1, 0.15) is 27.3 Å². The van der Waals surface area contributed by atoms with Gasteiger partial charge in [-0.2, -0.15) is 0 Å². The number of ketones is 1. The number of aromatic nitrogens is 2. The summed E-state index contributed by atoms with van der Waals surface area (Å²) < 4.78 is 0. The molecule has 0 bridgehead atoms. The minimum absolute atomic E-state index is 0.0730. The number of nitrogens with zero attached hydrogens (tertiary/aromatic N) is 1. The van der Waals surface area contributed by atoms with Crippen LogP contribution in [0.25, 0.3) is 11.6 Å². The van der Waals surface area contributed by atoms with Crippen LogP contribution in [0.5, 0.6) is 0 Å². The number of hydrogen-bond acceptors (Lipinski definition) is 3. The highest BCUT2D eigenvalue weighted by Crippen LogP contribution is 2.33. The Labute approximate surface area is 138 Å². The predicted octanol–water partition coefficient (Wildman–Crippen LogP) is 3.13. The van der Waals surface area contributed by atoms with Crippen molar-refractivity contribution in [3.05, 3.63) is 83.4 Å². The maximum Gasteiger partial charge on any atom is 0.256 e. The summed E-state index contributed by atoms with van der Waals surface area (Å²) >= 11 is 0. The number of carbonyl (C=O) groups excluding carboxylic acids is 2. The van der Waals surface area contributed by atoms with Crippen molar-refractivity contribution >= 4 is 29.0 Å². The zero-order chi connectivity index (χ0) is 16.5. The second kappa shape index (κ2) is 5.62. The average molecular weight is 315 g/mol. The molecule has 1 aliphatic rings. The van der Waals surface area contributed by atoms with Gasteiger partial charge in [-0.3, -0.25) is 9.59 Å². The van der Waals surface area contributed by atoms with Gasteiger partial charge in [0, 0.05) is 34.8 Å². The third-order valence-electron chi connectivity index (χ3n) is 3.90. The van der Waals surface area contributed by atoms with Crippen LogP contribution >= 0.6 is 0 Å². The highest BCUT2D eigenvalue weighted by atomic mass is 16.2. The fraction of sp³-hybridized carbons (Fsp3) is 0. The number of aromatic amines is 1.